The first-order valence-corrected chi connectivity index (χ1v) is 7.98. The van der Waals surface area contributed by atoms with Crippen LogP contribution in [0.3, 0.4) is 0 Å². The highest BCUT2D eigenvalue weighted by Gasteiger charge is 2.43. The Bertz CT molecular complexity index is 365. The molecule has 0 aromatic carbocycles. The van der Waals surface area contributed by atoms with Gasteiger partial charge in [0.05, 0.1) is 11.8 Å². The van der Waals surface area contributed by atoms with Crippen molar-refractivity contribution in [3.63, 3.8) is 0 Å². The number of carbonyl (C=O) groups is 2. The number of rotatable bonds is 5. The van der Waals surface area contributed by atoms with Gasteiger partial charge in [-0.15, -0.1) is 0 Å². The van der Waals surface area contributed by atoms with E-state index in [0.29, 0.717) is 30.6 Å². The van der Waals surface area contributed by atoms with E-state index >= 15 is 0 Å². The molecule has 0 radical (unpaired) electrons. The van der Waals surface area contributed by atoms with E-state index in [0.717, 1.165) is 38.5 Å². The van der Waals surface area contributed by atoms with Crippen molar-refractivity contribution < 1.29 is 19.8 Å². The lowest BCUT2D eigenvalue weighted by molar-refractivity contribution is -0.149. The van der Waals surface area contributed by atoms with E-state index in [1.165, 1.54) is 0 Å². The fourth-order valence-electron chi connectivity index (χ4n) is 4.31. The van der Waals surface area contributed by atoms with E-state index in [2.05, 4.69) is 6.92 Å². The molecule has 0 bridgehead atoms. The zero-order chi connectivity index (χ0) is 14.7. The van der Waals surface area contributed by atoms with Crippen LogP contribution >= 0.6 is 0 Å². The summed E-state index contributed by atoms with van der Waals surface area (Å²) in [6.07, 6.45) is 7.34. The molecule has 0 spiro atoms. The minimum absolute atomic E-state index is 0.252. The number of unbranched alkanes of at least 4 members (excludes halogenated alkanes) is 1. The summed E-state index contributed by atoms with van der Waals surface area (Å²) >= 11 is 0. The Morgan fingerprint density at radius 1 is 1.00 bits per heavy atom. The number of hydrogen-bond acceptors (Lipinski definition) is 2. The fraction of sp³-hybridized carbons (Fsp3) is 0.875. The lowest BCUT2D eigenvalue weighted by atomic mass is 9.60. The second kappa shape index (κ2) is 6.59. The molecule has 2 aliphatic carbocycles. The molecule has 2 N–H and O–H groups in total. The topological polar surface area (TPSA) is 74.6 Å². The molecular formula is C16H26O4. The molecule has 2 rings (SSSR count). The van der Waals surface area contributed by atoms with Gasteiger partial charge < -0.3 is 10.2 Å². The SMILES string of the molecule is CCCCC1CC2CCC(C(=O)O)CC2CC1C(=O)O. The lowest BCUT2D eigenvalue weighted by Gasteiger charge is -2.44. The van der Waals surface area contributed by atoms with E-state index in [9.17, 15) is 14.7 Å². The molecule has 0 heterocycles. The third-order valence-electron chi connectivity index (χ3n) is 5.47. The Hall–Kier alpha value is -1.06. The molecule has 5 unspecified atom stereocenters. The predicted octanol–water partition coefficient (Wildman–Crippen LogP) is 3.40. The lowest BCUT2D eigenvalue weighted by Crippen LogP contribution is -2.40. The summed E-state index contributed by atoms with van der Waals surface area (Å²) in [6.45, 7) is 2.14. The maximum absolute atomic E-state index is 11.5. The standard InChI is InChI=1S/C16H26O4/c1-2-3-4-11-7-10-5-6-12(15(17)18)8-13(10)9-14(11)16(19)20/h10-14H,2-9H2,1H3,(H,17,18)(H,19,20). The quantitative estimate of drug-likeness (QED) is 0.810. The molecule has 2 aliphatic rings. The minimum Gasteiger partial charge on any atom is -0.481 e. The summed E-state index contributed by atoms with van der Waals surface area (Å²) in [5.41, 5.74) is 0. The zero-order valence-corrected chi connectivity index (χ0v) is 12.3. The number of hydrogen-bond donors (Lipinski definition) is 2. The number of carboxylic acid groups (broad SMARTS) is 2. The van der Waals surface area contributed by atoms with Crippen LogP contribution in [0.2, 0.25) is 0 Å². The number of fused-ring (bicyclic) bond motifs is 1. The van der Waals surface area contributed by atoms with Gasteiger partial charge in [-0.1, -0.05) is 19.8 Å². The Labute approximate surface area is 120 Å². The first-order valence-electron chi connectivity index (χ1n) is 7.98. The van der Waals surface area contributed by atoms with Gasteiger partial charge in [0, 0.05) is 0 Å². The average Bonchev–Trinajstić information content (AvgIpc) is 2.43. The van der Waals surface area contributed by atoms with E-state index in [1.807, 2.05) is 0 Å². The summed E-state index contributed by atoms with van der Waals surface area (Å²) < 4.78 is 0. The van der Waals surface area contributed by atoms with Crippen LogP contribution in [0.15, 0.2) is 0 Å². The molecule has 4 nitrogen and oxygen atoms in total. The molecule has 20 heavy (non-hydrogen) atoms. The van der Waals surface area contributed by atoms with Gasteiger partial charge in [0.15, 0.2) is 0 Å². The fourth-order valence-corrected chi connectivity index (χ4v) is 4.31. The van der Waals surface area contributed by atoms with E-state index in [-0.39, 0.29) is 11.8 Å². The highest BCUT2D eigenvalue weighted by Crippen LogP contribution is 2.48. The van der Waals surface area contributed by atoms with Gasteiger partial charge in [-0.2, -0.15) is 0 Å². The van der Waals surface area contributed by atoms with Crippen molar-refractivity contribution in [2.45, 2.75) is 58.3 Å². The van der Waals surface area contributed by atoms with Crippen molar-refractivity contribution in [1.29, 1.82) is 0 Å². The third kappa shape index (κ3) is 3.33. The summed E-state index contributed by atoms with van der Waals surface area (Å²) in [4.78, 5) is 22.6. The molecule has 4 heteroatoms. The second-order valence-electron chi connectivity index (χ2n) is 6.69. The number of carboxylic acids is 2. The monoisotopic (exact) mass is 282 g/mol. The van der Waals surface area contributed by atoms with E-state index in [1.54, 1.807) is 0 Å². The predicted molar refractivity (Wildman–Crippen MR) is 75.3 cm³/mol. The van der Waals surface area contributed by atoms with Crippen LogP contribution in [0.5, 0.6) is 0 Å². The van der Waals surface area contributed by atoms with Crippen molar-refractivity contribution in [2.24, 2.45) is 29.6 Å². The summed E-state index contributed by atoms with van der Waals surface area (Å²) in [5, 5.41) is 18.6. The van der Waals surface area contributed by atoms with Gasteiger partial charge in [0.2, 0.25) is 0 Å². The van der Waals surface area contributed by atoms with Crippen LogP contribution in [-0.2, 0) is 9.59 Å². The van der Waals surface area contributed by atoms with Crippen molar-refractivity contribution in [1.82, 2.24) is 0 Å². The largest absolute Gasteiger partial charge is 0.481 e. The molecule has 2 fully saturated rings. The Morgan fingerprint density at radius 3 is 2.35 bits per heavy atom. The molecule has 0 saturated heterocycles. The second-order valence-corrected chi connectivity index (χ2v) is 6.69. The highest BCUT2D eigenvalue weighted by atomic mass is 16.4. The maximum atomic E-state index is 11.5. The Balaban J connectivity index is 2.02. The highest BCUT2D eigenvalue weighted by molar-refractivity contribution is 5.71. The first kappa shape index (κ1) is 15.3. The van der Waals surface area contributed by atoms with Crippen LogP contribution in [-0.4, -0.2) is 22.2 Å². The smallest absolute Gasteiger partial charge is 0.306 e. The van der Waals surface area contributed by atoms with Crippen LogP contribution in [0, 0.1) is 29.6 Å². The number of aliphatic carboxylic acids is 2. The van der Waals surface area contributed by atoms with Crippen LogP contribution in [0.4, 0.5) is 0 Å². The molecule has 0 aromatic heterocycles. The van der Waals surface area contributed by atoms with Crippen molar-refractivity contribution >= 4 is 11.9 Å². The van der Waals surface area contributed by atoms with Crippen LogP contribution < -0.4 is 0 Å². The van der Waals surface area contributed by atoms with Crippen LogP contribution in [0.1, 0.15) is 58.3 Å². The first-order chi connectivity index (χ1) is 9.52. The van der Waals surface area contributed by atoms with Gasteiger partial charge in [-0.25, -0.2) is 0 Å². The molecule has 0 aliphatic heterocycles. The molecule has 2 saturated carbocycles. The molecule has 0 amide bonds. The van der Waals surface area contributed by atoms with Gasteiger partial charge in [-0.3, -0.25) is 9.59 Å². The molecular weight excluding hydrogens is 256 g/mol. The van der Waals surface area contributed by atoms with Gasteiger partial charge in [0.25, 0.3) is 0 Å². The zero-order valence-electron chi connectivity index (χ0n) is 12.3. The van der Waals surface area contributed by atoms with E-state index < -0.39 is 11.9 Å². The normalized spacial score (nSPS) is 37.1. The molecule has 5 atom stereocenters. The summed E-state index contributed by atoms with van der Waals surface area (Å²) in [7, 11) is 0. The average molecular weight is 282 g/mol. The molecule has 114 valence electrons. The summed E-state index contributed by atoms with van der Waals surface area (Å²) in [6, 6.07) is 0. The van der Waals surface area contributed by atoms with Crippen molar-refractivity contribution in [3.8, 4) is 0 Å². The van der Waals surface area contributed by atoms with Gasteiger partial charge >= 0.3 is 11.9 Å². The minimum atomic E-state index is -0.705. The van der Waals surface area contributed by atoms with Crippen LogP contribution in [0.25, 0.3) is 0 Å². The Morgan fingerprint density at radius 2 is 1.75 bits per heavy atom. The maximum Gasteiger partial charge on any atom is 0.306 e. The van der Waals surface area contributed by atoms with Gasteiger partial charge in [-0.05, 0) is 56.3 Å². The van der Waals surface area contributed by atoms with E-state index in [4.69, 9.17) is 5.11 Å². The summed E-state index contributed by atoms with van der Waals surface area (Å²) in [5.74, 6) is -0.722. The van der Waals surface area contributed by atoms with Crippen molar-refractivity contribution in [3.05, 3.63) is 0 Å². The third-order valence-corrected chi connectivity index (χ3v) is 5.47. The Kier molecular flexibility index (Phi) is 5.06. The molecule has 0 aromatic rings. The van der Waals surface area contributed by atoms with Gasteiger partial charge in [0.1, 0.15) is 0 Å². The van der Waals surface area contributed by atoms with Crippen molar-refractivity contribution in [2.75, 3.05) is 0 Å².